The zero-order valence-corrected chi connectivity index (χ0v) is 10.9. The topological polar surface area (TPSA) is 111 Å². The molecule has 0 aromatic heterocycles. The fourth-order valence-corrected chi connectivity index (χ4v) is 1.57. The second kappa shape index (κ2) is 7.31. The summed E-state index contributed by atoms with van der Waals surface area (Å²) in [5.41, 5.74) is 1.93. The number of thioether (sulfide) groups is 1. The van der Waals surface area contributed by atoms with Gasteiger partial charge in [-0.05, 0) is 24.5 Å². The van der Waals surface area contributed by atoms with E-state index in [0.717, 1.165) is 18.2 Å². The molecule has 0 aliphatic heterocycles. The molecule has 9 heteroatoms. The fourth-order valence-electron chi connectivity index (χ4n) is 1.23. The minimum Gasteiger partial charge on any atom is -0.272 e. The van der Waals surface area contributed by atoms with E-state index >= 15 is 0 Å². The summed E-state index contributed by atoms with van der Waals surface area (Å²) in [7, 11) is 0. The van der Waals surface area contributed by atoms with Crippen LogP contribution in [0.4, 0.5) is 17.1 Å². The quantitative estimate of drug-likeness (QED) is 0.356. The Morgan fingerprint density at radius 1 is 1.37 bits per heavy atom. The van der Waals surface area contributed by atoms with Gasteiger partial charge in [-0.1, -0.05) is 0 Å². The highest BCUT2D eigenvalue weighted by atomic mass is 32.2. The molecule has 8 nitrogen and oxygen atoms in total. The van der Waals surface area contributed by atoms with Crippen LogP contribution >= 0.6 is 11.8 Å². The number of nitro groups is 2. The highest BCUT2D eigenvalue weighted by Gasteiger charge is 2.18. The van der Waals surface area contributed by atoms with E-state index in [4.69, 9.17) is 0 Å². The molecule has 0 unspecified atom stereocenters. The fraction of sp³-hybridized carbons (Fsp3) is 0.300. The van der Waals surface area contributed by atoms with Crippen molar-refractivity contribution in [2.24, 2.45) is 5.10 Å². The second-order valence-electron chi connectivity index (χ2n) is 3.42. The maximum Gasteiger partial charge on any atom is 0.301 e. The van der Waals surface area contributed by atoms with Crippen molar-refractivity contribution in [2.45, 2.75) is 6.42 Å². The number of non-ortho nitro benzene ring substituents is 1. The van der Waals surface area contributed by atoms with Crippen molar-refractivity contribution in [3.8, 4) is 0 Å². The van der Waals surface area contributed by atoms with Crippen molar-refractivity contribution in [1.82, 2.24) is 0 Å². The van der Waals surface area contributed by atoms with Crippen LogP contribution in [-0.2, 0) is 0 Å². The Labute approximate surface area is 113 Å². The number of hydrazone groups is 1. The summed E-state index contributed by atoms with van der Waals surface area (Å²) in [5.74, 6) is 0.896. The summed E-state index contributed by atoms with van der Waals surface area (Å²) >= 11 is 1.66. The Morgan fingerprint density at radius 2 is 2.11 bits per heavy atom. The first-order valence-electron chi connectivity index (χ1n) is 5.25. The van der Waals surface area contributed by atoms with E-state index in [1.807, 2.05) is 6.26 Å². The molecule has 0 radical (unpaired) electrons. The SMILES string of the molecule is CSCC/C=N/Nc1ccc([N+](=O)[O-])cc1[N+](=O)[O-]. The van der Waals surface area contributed by atoms with Gasteiger partial charge in [0.2, 0.25) is 0 Å². The van der Waals surface area contributed by atoms with Gasteiger partial charge in [-0.3, -0.25) is 25.7 Å². The van der Waals surface area contributed by atoms with Crippen LogP contribution in [0, 0.1) is 20.2 Å². The second-order valence-corrected chi connectivity index (χ2v) is 4.41. The minimum atomic E-state index is -0.688. The van der Waals surface area contributed by atoms with Crippen LogP contribution < -0.4 is 5.43 Å². The number of anilines is 1. The Hall–Kier alpha value is -2.16. The maximum absolute atomic E-state index is 10.8. The highest BCUT2D eigenvalue weighted by Crippen LogP contribution is 2.28. The van der Waals surface area contributed by atoms with Gasteiger partial charge in [0.25, 0.3) is 5.69 Å². The standard InChI is InChI=1S/C10H12N4O4S/c1-19-6-2-5-11-12-9-4-3-8(13(15)16)7-10(9)14(17)18/h3-5,7,12H,2,6H2,1H3/b11-5+. The number of rotatable bonds is 7. The Balaban J connectivity index is 2.85. The first kappa shape index (κ1) is 14.9. The summed E-state index contributed by atoms with van der Waals surface area (Å²) in [6, 6.07) is 3.36. The predicted molar refractivity (Wildman–Crippen MR) is 74.9 cm³/mol. The van der Waals surface area contributed by atoms with Crippen molar-refractivity contribution in [2.75, 3.05) is 17.4 Å². The van der Waals surface area contributed by atoms with Crippen LogP contribution in [0.1, 0.15) is 6.42 Å². The van der Waals surface area contributed by atoms with Gasteiger partial charge in [-0.2, -0.15) is 16.9 Å². The van der Waals surface area contributed by atoms with Crippen molar-refractivity contribution in [3.63, 3.8) is 0 Å². The van der Waals surface area contributed by atoms with E-state index in [1.165, 1.54) is 12.1 Å². The van der Waals surface area contributed by atoms with Gasteiger partial charge < -0.3 is 0 Å². The average molecular weight is 284 g/mol. The van der Waals surface area contributed by atoms with Gasteiger partial charge >= 0.3 is 5.69 Å². The van der Waals surface area contributed by atoms with Crippen LogP contribution in [0.5, 0.6) is 0 Å². The average Bonchev–Trinajstić information content (AvgIpc) is 2.38. The third-order valence-electron chi connectivity index (χ3n) is 2.12. The van der Waals surface area contributed by atoms with Gasteiger partial charge in [-0.15, -0.1) is 0 Å². The molecule has 0 aliphatic carbocycles. The van der Waals surface area contributed by atoms with Gasteiger partial charge in [-0.25, -0.2) is 0 Å². The molecule has 19 heavy (non-hydrogen) atoms. The first-order chi connectivity index (χ1) is 9.06. The monoisotopic (exact) mass is 284 g/mol. The van der Waals surface area contributed by atoms with Crippen LogP contribution in [-0.4, -0.2) is 28.1 Å². The van der Waals surface area contributed by atoms with E-state index < -0.39 is 9.85 Å². The zero-order valence-electron chi connectivity index (χ0n) is 10.1. The van der Waals surface area contributed by atoms with Crippen LogP contribution in [0.3, 0.4) is 0 Å². The van der Waals surface area contributed by atoms with Crippen LogP contribution in [0.25, 0.3) is 0 Å². The molecule has 0 amide bonds. The van der Waals surface area contributed by atoms with Crippen molar-refractivity contribution in [3.05, 3.63) is 38.4 Å². The summed E-state index contributed by atoms with van der Waals surface area (Å²) in [4.78, 5) is 20.0. The lowest BCUT2D eigenvalue weighted by Gasteiger charge is -2.01. The molecular formula is C10H12N4O4S. The molecular weight excluding hydrogens is 272 g/mol. The Bertz CT molecular complexity index is 506. The number of nitrogens with zero attached hydrogens (tertiary/aromatic N) is 3. The minimum absolute atomic E-state index is 0.121. The molecule has 0 atom stereocenters. The number of nitro benzene ring substituents is 2. The van der Waals surface area contributed by atoms with Gasteiger partial charge in [0.05, 0.1) is 15.9 Å². The Morgan fingerprint density at radius 3 is 2.68 bits per heavy atom. The predicted octanol–water partition coefficient (Wildman–Crippen LogP) is 2.65. The lowest BCUT2D eigenvalue weighted by Crippen LogP contribution is -1.98. The Kier molecular flexibility index (Phi) is 5.73. The molecule has 1 aromatic carbocycles. The molecule has 0 saturated carbocycles. The lowest BCUT2D eigenvalue weighted by molar-refractivity contribution is -0.393. The summed E-state index contributed by atoms with van der Waals surface area (Å²) in [6.07, 6.45) is 4.29. The maximum atomic E-state index is 10.8. The summed E-state index contributed by atoms with van der Waals surface area (Å²) in [6.45, 7) is 0. The van der Waals surface area contributed by atoms with Crippen molar-refractivity contribution in [1.29, 1.82) is 0 Å². The molecule has 0 fully saturated rings. The van der Waals surface area contributed by atoms with E-state index in [2.05, 4.69) is 10.5 Å². The van der Waals surface area contributed by atoms with E-state index in [0.29, 0.717) is 0 Å². The van der Waals surface area contributed by atoms with E-state index in [-0.39, 0.29) is 17.1 Å². The van der Waals surface area contributed by atoms with E-state index in [9.17, 15) is 20.2 Å². The third-order valence-corrected chi connectivity index (χ3v) is 2.76. The van der Waals surface area contributed by atoms with E-state index in [1.54, 1.807) is 18.0 Å². The van der Waals surface area contributed by atoms with Crippen molar-refractivity contribution >= 4 is 35.0 Å². The van der Waals surface area contributed by atoms with Gasteiger partial charge in [0, 0.05) is 12.3 Å². The molecule has 0 saturated heterocycles. The zero-order chi connectivity index (χ0) is 14.3. The molecule has 102 valence electrons. The molecule has 1 rings (SSSR count). The molecule has 0 heterocycles. The highest BCUT2D eigenvalue weighted by molar-refractivity contribution is 7.98. The molecule has 0 spiro atoms. The molecule has 0 bridgehead atoms. The number of nitrogens with one attached hydrogen (secondary N) is 1. The number of hydrogen-bond donors (Lipinski definition) is 1. The normalized spacial score (nSPS) is 10.6. The van der Waals surface area contributed by atoms with Gasteiger partial charge in [0.15, 0.2) is 0 Å². The van der Waals surface area contributed by atoms with Gasteiger partial charge in [0.1, 0.15) is 5.69 Å². The number of benzene rings is 1. The molecule has 1 aromatic rings. The third kappa shape index (κ3) is 4.54. The first-order valence-corrected chi connectivity index (χ1v) is 6.65. The largest absolute Gasteiger partial charge is 0.301 e. The molecule has 0 aliphatic rings. The summed E-state index contributed by atoms with van der Waals surface area (Å²) < 4.78 is 0. The molecule has 1 N–H and O–H groups in total. The smallest absolute Gasteiger partial charge is 0.272 e. The van der Waals surface area contributed by atoms with Crippen molar-refractivity contribution < 1.29 is 9.85 Å². The lowest BCUT2D eigenvalue weighted by atomic mass is 10.2. The van der Waals surface area contributed by atoms with Crippen LogP contribution in [0.15, 0.2) is 23.3 Å². The van der Waals surface area contributed by atoms with Crippen LogP contribution in [0.2, 0.25) is 0 Å². The number of hydrogen-bond acceptors (Lipinski definition) is 7. The summed E-state index contributed by atoms with van der Waals surface area (Å²) in [5, 5.41) is 25.2.